The minimum absolute atomic E-state index is 0.174. The van der Waals surface area contributed by atoms with Crippen molar-refractivity contribution in [3.05, 3.63) is 53.6 Å². The van der Waals surface area contributed by atoms with Crippen molar-refractivity contribution in [1.29, 1.82) is 0 Å². The number of hydrazone groups is 1. The molecule has 27 heavy (non-hydrogen) atoms. The predicted octanol–water partition coefficient (Wildman–Crippen LogP) is 1.64. The first-order valence-electron chi connectivity index (χ1n) is 8.09. The highest BCUT2D eigenvalue weighted by Crippen LogP contribution is 2.31. The first kappa shape index (κ1) is 18.7. The average molecular weight is 389 g/mol. The number of carbonyl (C=O) groups excluding carboxylic acids is 1. The van der Waals surface area contributed by atoms with E-state index in [0.29, 0.717) is 22.7 Å². The van der Waals surface area contributed by atoms with Crippen LogP contribution in [0.5, 0.6) is 11.5 Å². The number of nitrogens with zero attached hydrogens (tertiary/aromatic N) is 2. The van der Waals surface area contributed by atoms with E-state index in [1.54, 1.807) is 49.4 Å². The summed E-state index contributed by atoms with van der Waals surface area (Å²) in [4.78, 5) is 12.2. The zero-order valence-electron chi connectivity index (χ0n) is 14.9. The Morgan fingerprint density at radius 3 is 2.70 bits per heavy atom. The summed E-state index contributed by atoms with van der Waals surface area (Å²) in [7, 11) is -3.63. The van der Waals surface area contributed by atoms with Gasteiger partial charge in [-0.25, -0.2) is 13.8 Å². The van der Waals surface area contributed by atoms with E-state index in [0.717, 1.165) is 16.1 Å². The molecule has 1 N–H and O–H groups in total. The molecule has 9 heteroatoms. The van der Waals surface area contributed by atoms with Crippen LogP contribution in [0, 0.1) is 6.92 Å². The summed E-state index contributed by atoms with van der Waals surface area (Å²) in [5, 5.41) is 3.88. The number of nitrogens with one attached hydrogen (secondary N) is 1. The second-order valence-corrected chi connectivity index (χ2v) is 7.87. The molecule has 8 nitrogen and oxygen atoms in total. The molecule has 2 aromatic carbocycles. The third kappa shape index (κ3) is 4.56. The SMILES string of the molecule is Cc1ccccc1N(CC(=O)N/N=C\c1ccc2c(c1)OCO2)S(C)(=O)=O. The lowest BCUT2D eigenvalue weighted by Gasteiger charge is -2.23. The van der Waals surface area contributed by atoms with Crippen LogP contribution in [-0.4, -0.2) is 40.1 Å². The molecule has 0 spiro atoms. The number of anilines is 1. The molecule has 0 aromatic heterocycles. The maximum absolute atomic E-state index is 12.2. The van der Waals surface area contributed by atoms with Crippen molar-refractivity contribution in [1.82, 2.24) is 5.43 Å². The molecule has 2 aromatic rings. The summed E-state index contributed by atoms with van der Waals surface area (Å²) in [5.41, 5.74) is 4.25. The summed E-state index contributed by atoms with van der Waals surface area (Å²) in [6.07, 6.45) is 2.50. The first-order chi connectivity index (χ1) is 12.8. The third-order valence-electron chi connectivity index (χ3n) is 3.87. The predicted molar refractivity (Wildman–Crippen MR) is 102 cm³/mol. The fourth-order valence-electron chi connectivity index (χ4n) is 2.56. The van der Waals surface area contributed by atoms with Crippen LogP contribution in [-0.2, 0) is 14.8 Å². The molecule has 0 unspecified atom stereocenters. The molecule has 0 saturated carbocycles. The van der Waals surface area contributed by atoms with Gasteiger partial charge >= 0.3 is 0 Å². The standard InChI is InChI=1S/C18H19N3O5S/c1-13-5-3-4-6-15(13)21(27(2,23)24)11-18(22)20-19-10-14-7-8-16-17(9-14)26-12-25-16/h3-10H,11-12H2,1-2H3,(H,20,22)/b19-10-. The van der Waals surface area contributed by atoms with Gasteiger partial charge in [0.15, 0.2) is 11.5 Å². The van der Waals surface area contributed by atoms with Gasteiger partial charge in [-0.15, -0.1) is 0 Å². The maximum atomic E-state index is 12.2. The number of carbonyl (C=O) groups is 1. The van der Waals surface area contributed by atoms with Gasteiger partial charge in [-0.05, 0) is 42.3 Å². The molecular formula is C18H19N3O5S. The van der Waals surface area contributed by atoms with Crippen LogP contribution in [0.2, 0.25) is 0 Å². The first-order valence-corrected chi connectivity index (χ1v) is 9.94. The summed E-state index contributed by atoms with van der Waals surface area (Å²) in [5.74, 6) is 0.701. The molecular weight excluding hydrogens is 370 g/mol. The molecule has 1 aliphatic rings. The molecule has 0 saturated heterocycles. The van der Waals surface area contributed by atoms with Gasteiger partial charge < -0.3 is 9.47 Å². The zero-order chi connectivity index (χ0) is 19.4. The van der Waals surface area contributed by atoms with Crippen molar-refractivity contribution >= 4 is 27.8 Å². The Morgan fingerprint density at radius 2 is 1.96 bits per heavy atom. The van der Waals surface area contributed by atoms with E-state index in [1.165, 1.54) is 6.21 Å². The van der Waals surface area contributed by atoms with Gasteiger partial charge in [0.2, 0.25) is 16.8 Å². The number of ether oxygens (including phenoxy) is 2. The molecule has 142 valence electrons. The minimum Gasteiger partial charge on any atom is -0.454 e. The fraction of sp³-hybridized carbons (Fsp3) is 0.222. The lowest BCUT2D eigenvalue weighted by Crippen LogP contribution is -2.39. The van der Waals surface area contributed by atoms with Crippen LogP contribution in [0.15, 0.2) is 47.6 Å². The van der Waals surface area contributed by atoms with Crippen molar-refractivity contribution in [2.75, 3.05) is 23.9 Å². The van der Waals surface area contributed by atoms with Gasteiger partial charge in [0.25, 0.3) is 5.91 Å². The number of aryl methyl sites for hydroxylation is 1. The van der Waals surface area contributed by atoms with Crippen molar-refractivity contribution < 1.29 is 22.7 Å². The summed E-state index contributed by atoms with van der Waals surface area (Å²) in [6.45, 7) is 1.58. The molecule has 1 aliphatic heterocycles. The quantitative estimate of drug-likeness (QED) is 0.598. The Morgan fingerprint density at radius 1 is 1.22 bits per heavy atom. The highest BCUT2D eigenvalue weighted by molar-refractivity contribution is 7.92. The summed E-state index contributed by atoms with van der Waals surface area (Å²) in [6, 6.07) is 12.2. The summed E-state index contributed by atoms with van der Waals surface area (Å²) >= 11 is 0. The van der Waals surface area contributed by atoms with Crippen molar-refractivity contribution in [2.24, 2.45) is 5.10 Å². The normalized spacial score (nSPS) is 13.0. The van der Waals surface area contributed by atoms with E-state index in [-0.39, 0.29) is 13.3 Å². The summed E-state index contributed by atoms with van der Waals surface area (Å²) < 4.78 is 35.8. The Kier molecular flexibility index (Phi) is 5.31. The van der Waals surface area contributed by atoms with Gasteiger partial charge in [-0.3, -0.25) is 9.10 Å². The van der Waals surface area contributed by atoms with E-state index in [9.17, 15) is 13.2 Å². The number of hydrogen-bond donors (Lipinski definition) is 1. The van der Waals surface area contributed by atoms with Crippen LogP contribution in [0.1, 0.15) is 11.1 Å². The largest absolute Gasteiger partial charge is 0.454 e. The van der Waals surface area contributed by atoms with Gasteiger partial charge in [0.1, 0.15) is 6.54 Å². The molecule has 3 rings (SSSR count). The van der Waals surface area contributed by atoms with Crippen LogP contribution in [0.25, 0.3) is 0 Å². The molecule has 1 amide bonds. The molecule has 0 atom stereocenters. The molecule has 0 bridgehead atoms. The topological polar surface area (TPSA) is 97.3 Å². The highest BCUT2D eigenvalue weighted by atomic mass is 32.2. The Labute approximate surface area is 157 Å². The molecule has 0 fully saturated rings. The van der Waals surface area contributed by atoms with E-state index >= 15 is 0 Å². The highest BCUT2D eigenvalue weighted by Gasteiger charge is 2.22. The van der Waals surface area contributed by atoms with Gasteiger partial charge in [-0.1, -0.05) is 18.2 Å². The van der Waals surface area contributed by atoms with E-state index in [2.05, 4.69) is 10.5 Å². The lowest BCUT2D eigenvalue weighted by molar-refractivity contribution is -0.119. The number of hydrogen-bond acceptors (Lipinski definition) is 6. The number of amides is 1. The van der Waals surface area contributed by atoms with E-state index < -0.39 is 15.9 Å². The maximum Gasteiger partial charge on any atom is 0.260 e. The van der Waals surface area contributed by atoms with Crippen LogP contribution >= 0.6 is 0 Å². The fourth-order valence-corrected chi connectivity index (χ4v) is 3.48. The Hall–Kier alpha value is -3.07. The van der Waals surface area contributed by atoms with Gasteiger partial charge in [0, 0.05) is 0 Å². The second kappa shape index (κ2) is 7.67. The lowest BCUT2D eigenvalue weighted by atomic mass is 10.2. The van der Waals surface area contributed by atoms with Gasteiger partial charge in [-0.2, -0.15) is 5.10 Å². The van der Waals surface area contributed by atoms with Crippen LogP contribution in [0.4, 0.5) is 5.69 Å². The smallest absolute Gasteiger partial charge is 0.260 e. The number of rotatable bonds is 6. The van der Waals surface area contributed by atoms with E-state index in [1.807, 2.05) is 0 Å². The molecule has 0 radical (unpaired) electrons. The zero-order valence-corrected chi connectivity index (χ0v) is 15.7. The number of sulfonamides is 1. The number of para-hydroxylation sites is 1. The number of fused-ring (bicyclic) bond motifs is 1. The third-order valence-corrected chi connectivity index (χ3v) is 5.00. The van der Waals surface area contributed by atoms with Crippen LogP contribution in [0.3, 0.4) is 0 Å². The van der Waals surface area contributed by atoms with Crippen molar-refractivity contribution in [2.45, 2.75) is 6.92 Å². The monoisotopic (exact) mass is 389 g/mol. The minimum atomic E-state index is -3.63. The molecule has 1 heterocycles. The average Bonchev–Trinajstić information content (AvgIpc) is 3.07. The van der Waals surface area contributed by atoms with Crippen LogP contribution < -0.4 is 19.2 Å². The molecule has 0 aliphatic carbocycles. The number of benzene rings is 2. The van der Waals surface area contributed by atoms with Crippen molar-refractivity contribution in [3.8, 4) is 11.5 Å². The van der Waals surface area contributed by atoms with Crippen molar-refractivity contribution in [3.63, 3.8) is 0 Å². The van der Waals surface area contributed by atoms with Gasteiger partial charge in [0.05, 0.1) is 18.2 Å². The Balaban J connectivity index is 1.67. The Bertz CT molecular complexity index is 988. The second-order valence-electron chi connectivity index (χ2n) is 5.96. The van der Waals surface area contributed by atoms with E-state index in [4.69, 9.17) is 9.47 Å².